The Kier molecular flexibility index (Phi) is 7.45. The number of anilines is 1. The molecule has 2 N–H and O–H groups in total. The van der Waals surface area contributed by atoms with Crippen molar-refractivity contribution >= 4 is 31.6 Å². The van der Waals surface area contributed by atoms with E-state index in [9.17, 15) is 13.5 Å². The minimum atomic E-state index is -3.75. The molecular formula is C20H27BrN2O3S. The van der Waals surface area contributed by atoms with Crippen LogP contribution in [0.4, 0.5) is 5.69 Å². The molecule has 0 aliphatic carbocycles. The number of halogens is 1. The van der Waals surface area contributed by atoms with Crippen LogP contribution in [0.25, 0.3) is 0 Å². The van der Waals surface area contributed by atoms with Gasteiger partial charge >= 0.3 is 0 Å². The zero-order valence-corrected chi connectivity index (χ0v) is 18.5. The molecule has 2 aromatic rings. The van der Waals surface area contributed by atoms with Crippen molar-refractivity contribution in [1.29, 1.82) is 0 Å². The van der Waals surface area contributed by atoms with Crippen LogP contribution in [0.3, 0.4) is 0 Å². The molecule has 7 heteroatoms. The van der Waals surface area contributed by atoms with Crippen LogP contribution in [0.1, 0.15) is 31.9 Å². The highest BCUT2D eigenvalue weighted by atomic mass is 79.9. The van der Waals surface area contributed by atoms with Crippen molar-refractivity contribution in [2.75, 3.05) is 19.0 Å². The third kappa shape index (κ3) is 5.54. The maximum Gasteiger partial charge on any atom is 0.240 e. The Morgan fingerprint density at radius 1 is 1.07 bits per heavy atom. The van der Waals surface area contributed by atoms with Gasteiger partial charge in [-0.05, 0) is 47.9 Å². The lowest BCUT2D eigenvalue weighted by atomic mass is 9.91. The topological polar surface area (TPSA) is 69.6 Å². The molecule has 27 heavy (non-hydrogen) atoms. The fraction of sp³-hybridized carbons (Fsp3) is 0.400. The first kappa shape index (κ1) is 21.9. The van der Waals surface area contributed by atoms with Crippen LogP contribution in [0.2, 0.25) is 0 Å². The Balaban J connectivity index is 2.30. The predicted octanol–water partition coefficient (Wildman–Crippen LogP) is 3.94. The van der Waals surface area contributed by atoms with Crippen LogP contribution < -0.4 is 9.62 Å². The summed E-state index contributed by atoms with van der Waals surface area (Å²) in [6, 6.07) is 13.3. The Hall–Kier alpha value is -1.41. The van der Waals surface area contributed by atoms with E-state index >= 15 is 0 Å². The molecular weight excluding hydrogens is 428 g/mol. The molecule has 0 heterocycles. The zero-order chi connectivity index (χ0) is 20.2. The number of nitrogens with one attached hydrogen (secondary N) is 1. The lowest BCUT2D eigenvalue weighted by Gasteiger charge is -2.29. The van der Waals surface area contributed by atoms with Crippen LogP contribution in [0.5, 0.6) is 0 Å². The van der Waals surface area contributed by atoms with E-state index < -0.39 is 22.2 Å². The Morgan fingerprint density at radius 2 is 1.63 bits per heavy atom. The average molecular weight is 455 g/mol. The van der Waals surface area contributed by atoms with Gasteiger partial charge in [-0.2, -0.15) is 0 Å². The molecule has 0 bridgehead atoms. The van der Waals surface area contributed by atoms with Crippen molar-refractivity contribution in [3.05, 3.63) is 58.6 Å². The highest BCUT2D eigenvalue weighted by Gasteiger charge is 2.30. The van der Waals surface area contributed by atoms with Gasteiger partial charge in [0.2, 0.25) is 10.0 Å². The summed E-state index contributed by atoms with van der Waals surface area (Å²) in [6.45, 7) is 3.92. The average Bonchev–Trinajstić information content (AvgIpc) is 2.65. The third-order valence-electron chi connectivity index (χ3n) is 4.76. The normalized spacial score (nSPS) is 15.2. The number of rotatable bonds is 8. The number of hydrogen-bond acceptors (Lipinski definition) is 4. The largest absolute Gasteiger partial charge is 0.387 e. The van der Waals surface area contributed by atoms with Crippen molar-refractivity contribution in [3.63, 3.8) is 0 Å². The Labute approximate surface area is 170 Å². The maximum absolute atomic E-state index is 12.8. The van der Waals surface area contributed by atoms with Gasteiger partial charge in [0.25, 0.3) is 0 Å². The molecule has 2 rings (SSSR count). The molecule has 0 radical (unpaired) electrons. The summed E-state index contributed by atoms with van der Waals surface area (Å²) < 4.78 is 29.1. The summed E-state index contributed by atoms with van der Waals surface area (Å²) >= 11 is 3.31. The molecule has 148 valence electrons. The van der Waals surface area contributed by atoms with E-state index in [-0.39, 0.29) is 10.8 Å². The van der Waals surface area contributed by atoms with Gasteiger partial charge in [-0.3, -0.25) is 0 Å². The van der Waals surface area contributed by atoms with Gasteiger partial charge in [-0.25, -0.2) is 13.1 Å². The van der Waals surface area contributed by atoms with Gasteiger partial charge in [0.05, 0.1) is 17.0 Å². The van der Waals surface area contributed by atoms with Crippen LogP contribution in [-0.4, -0.2) is 33.7 Å². The van der Waals surface area contributed by atoms with Gasteiger partial charge < -0.3 is 10.0 Å². The van der Waals surface area contributed by atoms with Gasteiger partial charge in [0.15, 0.2) is 0 Å². The fourth-order valence-electron chi connectivity index (χ4n) is 2.78. The lowest BCUT2D eigenvalue weighted by molar-refractivity contribution is 0.112. The zero-order valence-electron chi connectivity index (χ0n) is 16.1. The minimum absolute atomic E-state index is 0.0428. The number of nitrogens with zero attached hydrogens (tertiary/aromatic N) is 1. The van der Waals surface area contributed by atoms with Crippen molar-refractivity contribution in [1.82, 2.24) is 4.72 Å². The maximum atomic E-state index is 12.8. The van der Waals surface area contributed by atoms with Crippen LogP contribution in [-0.2, 0) is 10.0 Å². The van der Waals surface area contributed by atoms with E-state index in [2.05, 4.69) is 20.7 Å². The molecule has 0 aliphatic rings. The quantitative estimate of drug-likeness (QED) is 0.633. The van der Waals surface area contributed by atoms with Crippen molar-refractivity contribution in [3.8, 4) is 0 Å². The fourth-order valence-corrected chi connectivity index (χ4v) is 4.40. The molecule has 0 spiro atoms. The van der Waals surface area contributed by atoms with E-state index in [1.165, 1.54) is 0 Å². The first-order valence-corrected chi connectivity index (χ1v) is 11.2. The summed E-state index contributed by atoms with van der Waals surface area (Å²) in [5, 5.41) is 10.9. The molecule has 3 atom stereocenters. The second-order valence-electron chi connectivity index (χ2n) is 6.92. The summed E-state index contributed by atoms with van der Waals surface area (Å²) in [5.74, 6) is -0.0428. The van der Waals surface area contributed by atoms with Gasteiger partial charge in [-0.1, -0.05) is 48.3 Å². The number of aliphatic hydroxyl groups excluding tert-OH is 1. The van der Waals surface area contributed by atoms with Crippen molar-refractivity contribution in [2.45, 2.75) is 37.3 Å². The first-order valence-electron chi connectivity index (χ1n) is 8.89. The van der Waals surface area contributed by atoms with E-state index in [1.54, 1.807) is 24.3 Å². The van der Waals surface area contributed by atoms with Gasteiger partial charge in [0, 0.05) is 24.3 Å². The summed E-state index contributed by atoms with van der Waals surface area (Å²) in [6.07, 6.45) is -0.207. The van der Waals surface area contributed by atoms with Gasteiger partial charge in [0.1, 0.15) is 0 Å². The second kappa shape index (κ2) is 9.19. The molecule has 0 aliphatic heterocycles. The molecule has 5 nitrogen and oxygen atoms in total. The number of sulfonamides is 1. The predicted molar refractivity (Wildman–Crippen MR) is 113 cm³/mol. The van der Waals surface area contributed by atoms with Gasteiger partial charge in [-0.15, -0.1) is 0 Å². The SMILES string of the molecule is CC[C@H](C)[C@H](NS(=O)(=O)c1ccc(Br)cc1)C(O)c1ccc(N(C)C)cc1. The summed E-state index contributed by atoms with van der Waals surface area (Å²) in [4.78, 5) is 2.15. The van der Waals surface area contributed by atoms with E-state index in [0.29, 0.717) is 5.56 Å². The van der Waals surface area contributed by atoms with E-state index in [4.69, 9.17) is 0 Å². The summed E-state index contributed by atoms with van der Waals surface area (Å²) in [7, 11) is 0.143. The second-order valence-corrected chi connectivity index (χ2v) is 9.55. The van der Waals surface area contributed by atoms with Crippen molar-refractivity contribution in [2.24, 2.45) is 5.92 Å². The summed E-state index contributed by atoms with van der Waals surface area (Å²) in [5.41, 5.74) is 1.70. The smallest absolute Gasteiger partial charge is 0.240 e. The van der Waals surface area contributed by atoms with Crippen LogP contribution in [0, 0.1) is 5.92 Å². The third-order valence-corrected chi connectivity index (χ3v) is 6.77. The Bertz CT molecular complexity index is 837. The first-order chi connectivity index (χ1) is 12.7. The van der Waals surface area contributed by atoms with E-state index in [1.807, 2.05) is 57.1 Å². The Morgan fingerprint density at radius 3 is 2.11 bits per heavy atom. The number of hydrogen-bond donors (Lipinski definition) is 2. The molecule has 0 saturated carbocycles. The number of aliphatic hydroxyl groups is 1. The molecule has 0 saturated heterocycles. The number of benzene rings is 2. The minimum Gasteiger partial charge on any atom is -0.387 e. The molecule has 2 aromatic carbocycles. The molecule has 1 unspecified atom stereocenters. The van der Waals surface area contributed by atoms with Crippen LogP contribution >= 0.6 is 15.9 Å². The molecule has 0 amide bonds. The van der Waals surface area contributed by atoms with Crippen molar-refractivity contribution < 1.29 is 13.5 Å². The highest BCUT2D eigenvalue weighted by Crippen LogP contribution is 2.27. The van der Waals surface area contributed by atoms with Crippen LogP contribution in [0.15, 0.2) is 57.9 Å². The van der Waals surface area contributed by atoms with E-state index in [0.717, 1.165) is 16.6 Å². The lowest BCUT2D eigenvalue weighted by Crippen LogP contribution is -2.43. The standard InChI is InChI=1S/C20H27BrN2O3S/c1-5-14(2)19(20(24)15-6-10-17(11-7-15)23(3)4)22-27(25,26)18-12-8-16(21)9-13-18/h6-14,19-20,22,24H,5H2,1-4H3/t14-,19-,20?/m0/s1. The molecule has 0 aromatic heterocycles. The monoisotopic (exact) mass is 454 g/mol. The highest BCUT2D eigenvalue weighted by molar-refractivity contribution is 9.10. The molecule has 0 fully saturated rings.